The quantitative estimate of drug-likeness (QED) is 0.326. The number of halogens is 1. The fraction of sp³-hybridized carbons (Fsp3) is 0.722. The molecule has 1 saturated heterocycles. The van der Waals surface area contributed by atoms with Crippen molar-refractivity contribution < 1.29 is 34.0 Å². The minimum absolute atomic E-state index is 0.00899. The normalized spacial score (nSPS) is 30.1. The molecule has 2 aromatic rings. The van der Waals surface area contributed by atoms with Crippen LogP contribution >= 0.6 is 19.2 Å². The van der Waals surface area contributed by atoms with Gasteiger partial charge in [0.1, 0.15) is 24.1 Å². The van der Waals surface area contributed by atoms with Crippen molar-refractivity contribution in [2.24, 2.45) is 0 Å². The first-order valence-corrected chi connectivity index (χ1v) is 11.9. The Kier molecular flexibility index (Phi) is 6.82. The van der Waals surface area contributed by atoms with Crippen LogP contribution < -0.4 is 0 Å². The maximum absolute atomic E-state index is 12.7. The van der Waals surface area contributed by atoms with E-state index in [1.165, 1.54) is 24.1 Å². The Morgan fingerprint density at radius 1 is 1.23 bits per heavy atom. The van der Waals surface area contributed by atoms with E-state index in [-0.39, 0.29) is 18.0 Å². The number of nitrogens with zero attached hydrogens (tertiary/aromatic N) is 4. The summed E-state index contributed by atoms with van der Waals surface area (Å²) in [5.41, 5.74) is -0.570. The first kappa shape index (κ1) is 24.5. The number of fused-ring (bicyclic) bond motifs is 1. The van der Waals surface area contributed by atoms with Crippen molar-refractivity contribution in [2.45, 2.75) is 82.4 Å². The van der Waals surface area contributed by atoms with Crippen LogP contribution in [0.2, 0.25) is 5.15 Å². The summed E-state index contributed by atoms with van der Waals surface area (Å²) in [5, 5.41) is 29.7. The van der Waals surface area contributed by atoms with Gasteiger partial charge in [-0.3, -0.25) is 9.13 Å². The van der Waals surface area contributed by atoms with Crippen molar-refractivity contribution in [1.29, 1.82) is 0 Å². The summed E-state index contributed by atoms with van der Waals surface area (Å²) in [6, 6.07) is 0. The topological polar surface area (TPSA) is 160 Å². The molecule has 174 valence electrons. The van der Waals surface area contributed by atoms with Crippen molar-refractivity contribution in [1.82, 2.24) is 19.5 Å². The average molecular weight is 479 g/mol. The van der Waals surface area contributed by atoms with Crippen LogP contribution in [0.1, 0.15) is 53.2 Å². The molecule has 0 amide bonds. The molecule has 7 atom stereocenters. The number of rotatable bonds is 8. The van der Waals surface area contributed by atoms with Gasteiger partial charge in [0.05, 0.1) is 18.0 Å². The molecule has 3 rings (SSSR count). The van der Waals surface area contributed by atoms with Gasteiger partial charge in [0.25, 0.3) is 0 Å². The summed E-state index contributed by atoms with van der Waals surface area (Å²) in [5.74, 6) is 0. The Hall–Kier alpha value is -1.17. The molecule has 1 fully saturated rings. The zero-order valence-corrected chi connectivity index (χ0v) is 19.4. The molecule has 13 heteroatoms. The van der Waals surface area contributed by atoms with Gasteiger partial charge >= 0.3 is 7.60 Å². The minimum Gasteiger partial charge on any atom is -0.388 e. The zero-order valence-electron chi connectivity index (χ0n) is 17.7. The van der Waals surface area contributed by atoms with Crippen LogP contribution in [0.25, 0.3) is 11.2 Å². The molecule has 0 radical (unpaired) electrons. The summed E-state index contributed by atoms with van der Waals surface area (Å²) < 4.78 is 25.6. The molecule has 1 aliphatic heterocycles. The maximum Gasteiger partial charge on any atom is 0.359 e. The lowest BCUT2D eigenvalue weighted by atomic mass is 9.93. The smallest absolute Gasteiger partial charge is 0.359 e. The van der Waals surface area contributed by atoms with E-state index in [2.05, 4.69) is 15.0 Å². The van der Waals surface area contributed by atoms with Gasteiger partial charge in [-0.05, 0) is 26.7 Å². The third kappa shape index (κ3) is 4.51. The summed E-state index contributed by atoms with van der Waals surface area (Å²) in [6.07, 6.45) is -1.64. The lowest BCUT2D eigenvalue weighted by molar-refractivity contribution is -0.0689. The van der Waals surface area contributed by atoms with Crippen molar-refractivity contribution in [3.8, 4) is 0 Å². The molecule has 5 unspecified atom stereocenters. The van der Waals surface area contributed by atoms with E-state index >= 15 is 0 Å². The molecule has 4 N–H and O–H groups in total. The van der Waals surface area contributed by atoms with Gasteiger partial charge in [-0.1, -0.05) is 25.4 Å². The fourth-order valence-corrected chi connectivity index (χ4v) is 4.98. The Morgan fingerprint density at radius 2 is 1.90 bits per heavy atom. The molecular formula is C18H28ClN4O7P. The molecule has 3 heterocycles. The molecular weight excluding hydrogens is 451 g/mol. The van der Waals surface area contributed by atoms with Gasteiger partial charge in [0.2, 0.25) is 0 Å². The van der Waals surface area contributed by atoms with Gasteiger partial charge in [0.15, 0.2) is 22.4 Å². The Labute approximate surface area is 184 Å². The van der Waals surface area contributed by atoms with Crippen LogP contribution in [-0.2, 0) is 13.8 Å². The van der Waals surface area contributed by atoms with E-state index in [9.17, 15) is 24.8 Å². The molecule has 31 heavy (non-hydrogen) atoms. The van der Waals surface area contributed by atoms with E-state index in [4.69, 9.17) is 20.9 Å². The number of ether oxygens (including phenoxy) is 1. The van der Waals surface area contributed by atoms with E-state index < -0.39 is 43.1 Å². The molecule has 0 spiro atoms. The summed E-state index contributed by atoms with van der Waals surface area (Å²) in [6.45, 7) is 6.16. The van der Waals surface area contributed by atoms with E-state index in [0.29, 0.717) is 17.6 Å². The standard InChI is InChI=1S/C18H28ClN4O7P/c1-5-17(3,30-31(27,28)18(4,26)6-2)7-10-12(24)13(25)16(29-10)23-9-22-11-14(19)20-8-21-15(11)23/h8-10,12-13,16,24-26H,5-7H2,1-4H3,(H,27,28)/t10?,12?,13-,16-,17?,18?/m1/s1. The average Bonchev–Trinajstić information content (AvgIpc) is 3.25. The van der Waals surface area contributed by atoms with Crippen LogP contribution in [0.4, 0.5) is 0 Å². The van der Waals surface area contributed by atoms with Crippen molar-refractivity contribution in [2.75, 3.05) is 0 Å². The second-order valence-electron chi connectivity index (χ2n) is 8.22. The predicted octanol–water partition coefficient (Wildman–Crippen LogP) is 1.98. The molecule has 0 bridgehead atoms. The number of aliphatic hydroxyl groups excluding tert-OH is 2. The number of imidazole rings is 1. The SMILES string of the molecule is CCC(C)(CC1O[C@@H](n2cnc3c(Cl)ncnc32)[C@H](O)C1O)OP(=O)(O)C(C)(O)CC. The molecule has 2 aromatic heterocycles. The second-order valence-corrected chi connectivity index (χ2v) is 10.8. The van der Waals surface area contributed by atoms with Gasteiger partial charge in [-0.15, -0.1) is 0 Å². The molecule has 0 aromatic carbocycles. The van der Waals surface area contributed by atoms with E-state index in [1.807, 2.05) is 0 Å². The van der Waals surface area contributed by atoms with Crippen LogP contribution in [0, 0.1) is 0 Å². The van der Waals surface area contributed by atoms with Gasteiger partial charge in [-0.2, -0.15) is 0 Å². The summed E-state index contributed by atoms with van der Waals surface area (Å²) in [4.78, 5) is 22.4. The lowest BCUT2D eigenvalue weighted by Gasteiger charge is -2.37. The highest BCUT2D eigenvalue weighted by molar-refractivity contribution is 7.54. The number of aromatic nitrogens is 4. The van der Waals surface area contributed by atoms with Crippen molar-refractivity contribution in [3.63, 3.8) is 0 Å². The Balaban J connectivity index is 1.83. The Morgan fingerprint density at radius 3 is 2.52 bits per heavy atom. The summed E-state index contributed by atoms with van der Waals surface area (Å²) in [7, 11) is -4.42. The maximum atomic E-state index is 12.7. The van der Waals surface area contributed by atoms with Gasteiger partial charge < -0.3 is 29.5 Å². The number of aliphatic hydroxyl groups is 3. The Bertz CT molecular complexity index is 989. The molecule has 0 saturated carbocycles. The van der Waals surface area contributed by atoms with Crippen molar-refractivity contribution >= 4 is 30.4 Å². The highest BCUT2D eigenvalue weighted by atomic mass is 35.5. The fourth-order valence-electron chi connectivity index (χ4n) is 3.41. The molecule has 1 aliphatic rings. The summed E-state index contributed by atoms with van der Waals surface area (Å²) >= 11 is 6.02. The third-order valence-electron chi connectivity index (χ3n) is 5.93. The van der Waals surface area contributed by atoms with Gasteiger partial charge in [0, 0.05) is 6.42 Å². The first-order valence-electron chi connectivity index (χ1n) is 9.96. The monoisotopic (exact) mass is 478 g/mol. The third-order valence-corrected chi connectivity index (χ3v) is 8.43. The first-order chi connectivity index (χ1) is 14.4. The van der Waals surface area contributed by atoms with E-state index in [0.717, 1.165) is 0 Å². The second kappa shape index (κ2) is 8.64. The van der Waals surface area contributed by atoms with Crippen LogP contribution in [0.3, 0.4) is 0 Å². The largest absolute Gasteiger partial charge is 0.388 e. The minimum atomic E-state index is -4.42. The highest BCUT2D eigenvalue weighted by Gasteiger charge is 2.50. The lowest BCUT2D eigenvalue weighted by Crippen LogP contribution is -2.40. The van der Waals surface area contributed by atoms with Gasteiger partial charge in [-0.25, -0.2) is 15.0 Å². The van der Waals surface area contributed by atoms with Crippen molar-refractivity contribution in [3.05, 3.63) is 17.8 Å². The van der Waals surface area contributed by atoms with Crippen LogP contribution in [-0.4, -0.2) is 69.0 Å². The predicted molar refractivity (Wildman–Crippen MR) is 111 cm³/mol. The van der Waals surface area contributed by atoms with E-state index in [1.54, 1.807) is 20.8 Å². The highest BCUT2D eigenvalue weighted by Crippen LogP contribution is 2.59. The van der Waals surface area contributed by atoms with Crippen LogP contribution in [0.15, 0.2) is 12.7 Å². The number of hydrogen-bond acceptors (Lipinski definition) is 9. The zero-order chi connectivity index (χ0) is 23.2. The van der Waals surface area contributed by atoms with Crippen LogP contribution in [0.5, 0.6) is 0 Å². The number of hydrogen-bond donors (Lipinski definition) is 4. The molecule has 0 aliphatic carbocycles. The molecule has 11 nitrogen and oxygen atoms in total.